The zero-order valence-electron chi connectivity index (χ0n) is 18.6. The Morgan fingerprint density at radius 2 is 1.80 bits per heavy atom. The third kappa shape index (κ3) is 5.58. The molecule has 186 valence electrons. The van der Waals surface area contributed by atoms with E-state index < -0.39 is 12.3 Å². The Kier molecular flexibility index (Phi) is 6.46. The van der Waals surface area contributed by atoms with Crippen LogP contribution in [-0.4, -0.2) is 53.0 Å². The summed E-state index contributed by atoms with van der Waals surface area (Å²) in [4.78, 5) is 40.9. The number of carbonyl (C=O) groups is 3. The number of ether oxygens (including phenoxy) is 1. The average Bonchev–Trinajstić information content (AvgIpc) is 3.57. The number of nitrogens with zero attached hydrogens (tertiary/aromatic N) is 2. The molecule has 1 aromatic carbocycles. The Morgan fingerprint density at radius 1 is 1.11 bits per heavy atom. The summed E-state index contributed by atoms with van der Waals surface area (Å²) in [6, 6.07) is 4.91. The molecule has 0 radical (unpaired) electrons. The van der Waals surface area contributed by atoms with Crippen molar-refractivity contribution in [1.82, 2.24) is 15.1 Å². The zero-order chi connectivity index (χ0) is 25.3. The Hall–Kier alpha value is -3.96. The van der Waals surface area contributed by atoms with Gasteiger partial charge in [-0.15, -0.1) is 13.2 Å². The van der Waals surface area contributed by atoms with Crippen LogP contribution in [0.25, 0.3) is 5.70 Å². The highest BCUT2D eigenvalue weighted by Crippen LogP contribution is 2.38. The minimum atomic E-state index is -4.79. The van der Waals surface area contributed by atoms with Gasteiger partial charge in [0.2, 0.25) is 5.91 Å². The number of nitrogens with two attached hydrogens (primary N) is 2. The lowest BCUT2D eigenvalue weighted by Gasteiger charge is -2.28. The van der Waals surface area contributed by atoms with Gasteiger partial charge in [-0.3, -0.25) is 19.3 Å². The van der Waals surface area contributed by atoms with Gasteiger partial charge in [0.25, 0.3) is 11.8 Å². The number of amides is 3. The maximum absolute atomic E-state index is 12.8. The van der Waals surface area contributed by atoms with Gasteiger partial charge in [-0.2, -0.15) is 0 Å². The molecular formula is C23H24F3N5O4. The molecule has 0 aromatic heterocycles. The van der Waals surface area contributed by atoms with Gasteiger partial charge in [0.1, 0.15) is 17.3 Å². The summed E-state index contributed by atoms with van der Waals surface area (Å²) in [6.07, 6.45) is 0.722. The molecule has 0 spiro atoms. The van der Waals surface area contributed by atoms with Gasteiger partial charge in [0, 0.05) is 23.9 Å². The Balaban J connectivity index is 1.36. The summed E-state index contributed by atoms with van der Waals surface area (Å²) in [5.41, 5.74) is 13.2. The van der Waals surface area contributed by atoms with Crippen LogP contribution in [0.4, 0.5) is 13.2 Å². The van der Waals surface area contributed by atoms with Crippen LogP contribution in [0.1, 0.15) is 31.2 Å². The molecule has 1 saturated carbocycles. The number of alkyl halides is 3. The lowest BCUT2D eigenvalue weighted by Crippen LogP contribution is -2.42. The largest absolute Gasteiger partial charge is 0.573 e. The molecule has 1 aliphatic carbocycles. The van der Waals surface area contributed by atoms with E-state index in [-0.39, 0.29) is 41.7 Å². The Bertz CT molecular complexity index is 1140. The second-order valence-electron chi connectivity index (χ2n) is 8.43. The van der Waals surface area contributed by atoms with E-state index in [9.17, 15) is 27.6 Å². The van der Waals surface area contributed by atoms with E-state index in [1.165, 1.54) is 29.2 Å². The first-order chi connectivity index (χ1) is 16.5. The van der Waals surface area contributed by atoms with Gasteiger partial charge in [-0.05, 0) is 67.7 Å². The molecule has 9 nitrogen and oxygen atoms in total. The van der Waals surface area contributed by atoms with Crippen molar-refractivity contribution in [2.24, 2.45) is 11.5 Å². The number of allylic oxidation sites excluding steroid dienone is 2. The van der Waals surface area contributed by atoms with Gasteiger partial charge in [0.15, 0.2) is 0 Å². The fourth-order valence-electron chi connectivity index (χ4n) is 4.05. The van der Waals surface area contributed by atoms with Crippen molar-refractivity contribution in [3.8, 4) is 5.75 Å². The molecule has 12 heteroatoms. The summed E-state index contributed by atoms with van der Waals surface area (Å²) >= 11 is 0. The molecule has 3 aliphatic rings. The number of benzene rings is 1. The molecule has 3 amide bonds. The predicted molar refractivity (Wildman–Crippen MR) is 118 cm³/mol. The fraction of sp³-hybridized carbons (Fsp3) is 0.348. The van der Waals surface area contributed by atoms with Crippen molar-refractivity contribution in [1.29, 1.82) is 0 Å². The zero-order valence-corrected chi connectivity index (χ0v) is 18.6. The summed E-state index contributed by atoms with van der Waals surface area (Å²) in [7, 11) is 0. The highest BCUT2D eigenvalue weighted by atomic mass is 19.4. The SMILES string of the molecule is N/C(=C\C=C(/N)NC(=O)CN1CCCC2=C1C(=O)N(C1CC1)C2=O)c1ccc(OC(F)(F)F)cc1. The van der Waals surface area contributed by atoms with Crippen LogP contribution in [0, 0.1) is 0 Å². The highest BCUT2D eigenvalue weighted by molar-refractivity contribution is 6.19. The van der Waals surface area contributed by atoms with E-state index in [0.29, 0.717) is 36.2 Å². The van der Waals surface area contributed by atoms with E-state index >= 15 is 0 Å². The lowest BCUT2D eigenvalue weighted by molar-refractivity contribution is -0.274. The first-order valence-corrected chi connectivity index (χ1v) is 11.0. The van der Waals surface area contributed by atoms with Gasteiger partial charge in [-0.1, -0.05) is 0 Å². The van der Waals surface area contributed by atoms with E-state index in [1.54, 1.807) is 4.90 Å². The van der Waals surface area contributed by atoms with Crippen LogP contribution in [0.15, 0.2) is 53.5 Å². The molecule has 35 heavy (non-hydrogen) atoms. The van der Waals surface area contributed by atoms with Crippen molar-refractivity contribution < 1.29 is 32.3 Å². The third-order valence-corrected chi connectivity index (χ3v) is 5.75. The van der Waals surface area contributed by atoms with Crippen LogP contribution in [0.3, 0.4) is 0 Å². The number of hydrogen-bond donors (Lipinski definition) is 3. The monoisotopic (exact) mass is 491 g/mol. The number of imide groups is 1. The smallest absolute Gasteiger partial charge is 0.406 e. The van der Waals surface area contributed by atoms with Crippen molar-refractivity contribution in [2.45, 2.75) is 38.1 Å². The van der Waals surface area contributed by atoms with Crippen molar-refractivity contribution in [3.63, 3.8) is 0 Å². The molecular weight excluding hydrogens is 467 g/mol. The quantitative estimate of drug-likeness (QED) is 0.391. The molecule has 5 N–H and O–H groups in total. The van der Waals surface area contributed by atoms with E-state index in [1.807, 2.05) is 0 Å². The Morgan fingerprint density at radius 3 is 2.43 bits per heavy atom. The van der Waals surface area contributed by atoms with Crippen LogP contribution >= 0.6 is 0 Å². The molecule has 4 rings (SSSR count). The molecule has 0 bridgehead atoms. The fourth-order valence-corrected chi connectivity index (χ4v) is 4.05. The minimum Gasteiger partial charge on any atom is -0.406 e. The normalized spacial score (nSPS) is 19.3. The second kappa shape index (κ2) is 9.35. The number of rotatable bonds is 7. The predicted octanol–water partition coefficient (Wildman–Crippen LogP) is 1.68. The summed E-state index contributed by atoms with van der Waals surface area (Å²) in [5, 5.41) is 2.50. The third-order valence-electron chi connectivity index (χ3n) is 5.75. The number of hydrogen-bond acceptors (Lipinski definition) is 7. The Labute approximate surface area is 198 Å². The lowest BCUT2D eigenvalue weighted by atomic mass is 10.0. The van der Waals surface area contributed by atoms with Crippen LogP contribution < -0.4 is 21.5 Å². The van der Waals surface area contributed by atoms with Gasteiger partial charge in [0.05, 0.1) is 6.54 Å². The standard InChI is InChI=1S/C23H24F3N5O4/c24-23(25,26)35-15-7-3-13(4-8-15)17(27)9-10-18(28)29-19(32)12-30-11-1-2-16-20(30)22(34)31(21(16)33)14-5-6-14/h3-4,7-10,14H,1-2,5-6,11-12,27-28H2,(H,29,32)/b17-9-,18-10+. The van der Waals surface area contributed by atoms with Gasteiger partial charge >= 0.3 is 6.36 Å². The molecule has 0 atom stereocenters. The van der Waals surface area contributed by atoms with E-state index in [2.05, 4.69) is 10.1 Å². The summed E-state index contributed by atoms with van der Waals surface area (Å²) in [6.45, 7) is 0.319. The average molecular weight is 491 g/mol. The van der Waals surface area contributed by atoms with Crippen molar-refractivity contribution in [3.05, 3.63) is 59.1 Å². The highest BCUT2D eigenvalue weighted by Gasteiger charge is 2.48. The summed E-state index contributed by atoms with van der Waals surface area (Å²) in [5.74, 6) is -1.47. The molecule has 1 aromatic rings. The molecule has 0 saturated heterocycles. The molecule has 2 heterocycles. The van der Waals surface area contributed by atoms with E-state index in [0.717, 1.165) is 25.0 Å². The first-order valence-electron chi connectivity index (χ1n) is 11.0. The maximum atomic E-state index is 12.8. The maximum Gasteiger partial charge on any atom is 0.573 e. The second-order valence-corrected chi connectivity index (χ2v) is 8.43. The molecule has 0 unspecified atom stereocenters. The topological polar surface area (TPSA) is 131 Å². The molecule has 1 fully saturated rings. The minimum absolute atomic E-state index is 0.0189. The van der Waals surface area contributed by atoms with Crippen LogP contribution in [0.5, 0.6) is 5.75 Å². The van der Waals surface area contributed by atoms with Gasteiger partial charge in [-0.25, -0.2) is 0 Å². The number of halogens is 3. The van der Waals surface area contributed by atoms with Crippen LogP contribution in [-0.2, 0) is 14.4 Å². The number of carbonyl (C=O) groups excluding carboxylic acids is 3. The first kappa shape index (κ1) is 24.2. The van der Waals surface area contributed by atoms with E-state index in [4.69, 9.17) is 11.5 Å². The van der Waals surface area contributed by atoms with Gasteiger partial charge < -0.3 is 26.4 Å². The van der Waals surface area contributed by atoms with Crippen molar-refractivity contribution >= 4 is 23.4 Å². The van der Waals surface area contributed by atoms with Crippen molar-refractivity contribution in [2.75, 3.05) is 13.1 Å². The number of nitrogens with one attached hydrogen (secondary N) is 1. The summed E-state index contributed by atoms with van der Waals surface area (Å²) < 4.78 is 40.6. The van der Waals surface area contributed by atoms with Crippen LogP contribution in [0.2, 0.25) is 0 Å². The molecule has 2 aliphatic heterocycles.